The molecule has 1 saturated carbocycles. The first-order valence-electron chi connectivity index (χ1n) is 8.97. The zero-order valence-corrected chi connectivity index (χ0v) is 14.6. The van der Waals surface area contributed by atoms with Crippen molar-refractivity contribution in [2.75, 3.05) is 19.7 Å². The highest BCUT2D eigenvalue weighted by Gasteiger charge is 2.34. The number of nitrogens with zero attached hydrogens (tertiary/aromatic N) is 2. The molecule has 0 spiro atoms. The first-order chi connectivity index (χ1) is 11.6. The molecule has 2 aliphatic heterocycles. The molecule has 24 heavy (non-hydrogen) atoms. The van der Waals surface area contributed by atoms with E-state index in [1.54, 1.807) is 0 Å². The molecule has 6 heteroatoms. The van der Waals surface area contributed by atoms with Crippen LogP contribution in [0.3, 0.4) is 0 Å². The summed E-state index contributed by atoms with van der Waals surface area (Å²) in [6, 6.07) is 0. The van der Waals surface area contributed by atoms with Crippen LogP contribution in [-0.4, -0.2) is 42.9 Å². The molecule has 0 saturated heterocycles. The third-order valence-corrected chi connectivity index (χ3v) is 4.92. The smallest absolute Gasteiger partial charge is 0.302 e. The van der Waals surface area contributed by atoms with E-state index in [1.165, 1.54) is 25.3 Å². The molecule has 3 N–H and O–H groups in total. The van der Waals surface area contributed by atoms with Gasteiger partial charge in [-0.05, 0) is 49.2 Å². The van der Waals surface area contributed by atoms with E-state index in [0.717, 1.165) is 37.4 Å². The fourth-order valence-corrected chi connectivity index (χ4v) is 3.28. The van der Waals surface area contributed by atoms with Gasteiger partial charge in [0.15, 0.2) is 0 Å². The number of hydrogen-bond donors (Lipinski definition) is 2. The van der Waals surface area contributed by atoms with Gasteiger partial charge in [-0.25, -0.2) is 0 Å². The van der Waals surface area contributed by atoms with Crippen molar-refractivity contribution in [3.05, 3.63) is 23.2 Å². The third kappa shape index (κ3) is 3.98. The zero-order valence-electron chi connectivity index (χ0n) is 14.6. The molecule has 0 bridgehead atoms. The molecule has 1 aliphatic carbocycles. The van der Waals surface area contributed by atoms with Crippen LogP contribution in [0.1, 0.15) is 39.5 Å². The number of ether oxygens (including phenoxy) is 1. The molecular formula is C18H28N4O2. The van der Waals surface area contributed by atoms with Gasteiger partial charge in [0.2, 0.25) is 0 Å². The summed E-state index contributed by atoms with van der Waals surface area (Å²) in [4.78, 5) is 18.0. The van der Waals surface area contributed by atoms with Gasteiger partial charge in [0.25, 0.3) is 0 Å². The monoisotopic (exact) mass is 332 g/mol. The quantitative estimate of drug-likeness (QED) is 0.694. The summed E-state index contributed by atoms with van der Waals surface area (Å²) in [5, 5.41) is 3.38. The Kier molecular flexibility index (Phi) is 5.23. The second-order valence-corrected chi connectivity index (χ2v) is 6.89. The predicted octanol–water partition coefficient (Wildman–Crippen LogP) is 1.75. The standard InChI is InChI=1S/C18H28N4O2/c1-3-13(11-24-12(2)23)6-8-22-9-7-20-17-15(14-4-5-14)10-16(19)21-18(17)22/h7,10,13-14,16,21H,3-6,8-9,11,19H2,1-2H3/t13?,16-/m1/s1. The highest BCUT2D eigenvalue weighted by Crippen LogP contribution is 2.43. The van der Waals surface area contributed by atoms with Crippen molar-refractivity contribution in [1.29, 1.82) is 0 Å². The summed E-state index contributed by atoms with van der Waals surface area (Å²) in [5.41, 5.74) is 8.54. The summed E-state index contributed by atoms with van der Waals surface area (Å²) >= 11 is 0. The van der Waals surface area contributed by atoms with Crippen LogP contribution in [0.15, 0.2) is 28.2 Å². The molecule has 2 atom stereocenters. The molecule has 0 radical (unpaired) electrons. The molecule has 132 valence electrons. The van der Waals surface area contributed by atoms with Crippen molar-refractivity contribution in [3.8, 4) is 0 Å². The van der Waals surface area contributed by atoms with Crippen LogP contribution in [0.25, 0.3) is 0 Å². The minimum absolute atomic E-state index is 0.141. The summed E-state index contributed by atoms with van der Waals surface area (Å²) in [6.07, 6.45) is 8.43. The van der Waals surface area contributed by atoms with E-state index in [9.17, 15) is 4.79 Å². The Labute approximate surface area is 143 Å². The lowest BCUT2D eigenvalue weighted by atomic mass is 10.0. The lowest BCUT2D eigenvalue weighted by Crippen LogP contribution is -2.47. The lowest BCUT2D eigenvalue weighted by molar-refractivity contribution is -0.142. The molecule has 0 aromatic heterocycles. The molecule has 0 aromatic rings. The first-order valence-corrected chi connectivity index (χ1v) is 8.97. The third-order valence-electron chi connectivity index (χ3n) is 4.92. The van der Waals surface area contributed by atoms with Crippen LogP contribution < -0.4 is 11.1 Å². The molecule has 0 amide bonds. The highest BCUT2D eigenvalue weighted by atomic mass is 16.5. The van der Waals surface area contributed by atoms with Crippen LogP contribution in [0, 0.1) is 11.8 Å². The van der Waals surface area contributed by atoms with Crippen LogP contribution >= 0.6 is 0 Å². The van der Waals surface area contributed by atoms with Gasteiger partial charge < -0.3 is 20.7 Å². The Morgan fingerprint density at radius 2 is 2.33 bits per heavy atom. The van der Waals surface area contributed by atoms with Gasteiger partial charge in [0, 0.05) is 19.7 Å². The van der Waals surface area contributed by atoms with Crippen LogP contribution in [0.4, 0.5) is 0 Å². The Morgan fingerprint density at radius 1 is 1.54 bits per heavy atom. The van der Waals surface area contributed by atoms with Gasteiger partial charge in [-0.3, -0.25) is 9.79 Å². The van der Waals surface area contributed by atoms with E-state index in [0.29, 0.717) is 18.4 Å². The number of carbonyl (C=O) groups excluding carboxylic acids is 1. The maximum Gasteiger partial charge on any atom is 0.302 e. The number of hydrogen-bond acceptors (Lipinski definition) is 6. The number of dihydropyridines is 1. The Balaban J connectivity index is 1.64. The molecule has 6 nitrogen and oxygen atoms in total. The van der Waals surface area contributed by atoms with Crippen molar-refractivity contribution in [2.24, 2.45) is 22.6 Å². The molecule has 2 heterocycles. The minimum Gasteiger partial charge on any atom is -0.466 e. The van der Waals surface area contributed by atoms with E-state index >= 15 is 0 Å². The van der Waals surface area contributed by atoms with Gasteiger partial charge in [0.05, 0.1) is 19.3 Å². The average molecular weight is 332 g/mol. The Bertz CT molecular complexity index is 578. The second-order valence-electron chi connectivity index (χ2n) is 6.89. The topological polar surface area (TPSA) is 79.9 Å². The Morgan fingerprint density at radius 3 is 3.00 bits per heavy atom. The lowest BCUT2D eigenvalue weighted by Gasteiger charge is -2.36. The van der Waals surface area contributed by atoms with Crippen LogP contribution in [0.5, 0.6) is 0 Å². The number of rotatable bonds is 7. The van der Waals surface area contributed by atoms with Crippen molar-refractivity contribution >= 4 is 12.2 Å². The number of esters is 1. The maximum absolute atomic E-state index is 11.0. The molecular weight excluding hydrogens is 304 g/mol. The molecule has 0 aromatic carbocycles. The largest absolute Gasteiger partial charge is 0.466 e. The van der Waals surface area contributed by atoms with Gasteiger partial charge in [-0.2, -0.15) is 0 Å². The summed E-state index contributed by atoms with van der Waals surface area (Å²) in [6.45, 7) is 5.80. The Hall–Kier alpha value is -1.82. The van der Waals surface area contributed by atoms with Crippen molar-refractivity contribution in [1.82, 2.24) is 10.2 Å². The van der Waals surface area contributed by atoms with E-state index < -0.39 is 0 Å². The second kappa shape index (κ2) is 7.38. The number of nitrogens with two attached hydrogens (primary N) is 1. The van der Waals surface area contributed by atoms with E-state index in [2.05, 4.69) is 28.2 Å². The molecule has 3 rings (SSSR count). The number of carbonyl (C=O) groups is 1. The van der Waals surface area contributed by atoms with E-state index in [1.807, 2.05) is 6.21 Å². The number of aliphatic imine (C=N–C) groups is 1. The van der Waals surface area contributed by atoms with Crippen molar-refractivity contribution in [3.63, 3.8) is 0 Å². The first kappa shape index (κ1) is 17.0. The van der Waals surface area contributed by atoms with Crippen molar-refractivity contribution < 1.29 is 9.53 Å². The minimum atomic E-state index is -0.206. The van der Waals surface area contributed by atoms with Gasteiger partial charge >= 0.3 is 5.97 Å². The van der Waals surface area contributed by atoms with Crippen molar-refractivity contribution in [2.45, 2.75) is 45.7 Å². The number of nitrogens with one attached hydrogen (secondary N) is 1. The van der Waals surface area contributed by atoms with Gasteiger partial charge in [0.1, 0.15) is 11.5 Å². The number of allylic oxidation sites excluding steroid dienone is 1. The molecule has 1 fully saturated rings. The normalized spacial score (nSPS) is 24.2. The SMILES string of the molecule is CCC(CCN1CC=NC2=C1N[C@@H](N)C=C2C1CC1)COC(C)=O. The van der Waals surface area contributed by atoms with Crippen LogP contribution in [-0.2, 0) is 9.53 Å². The van der Waals surface area contributed by atoms with E-state index in [4.69, 9.17) is 10.5 Å². The molecule has 3 aliphatic rings. The summed E-state index contributed by atoms with van der Waals surface area (Å²) in [5.74, 6) is 1.87. The fourth-order valence-electron chi connectivity index (χ4n) is 3.28. The predicted molar refractivity (Wildman–Crippen MR) is 94.0 cm³/mol. The fraction of sp³-hybridized carbons (Fsp3) is 0.667. The highest BCUT2D eigenvalue weighted by molar-refractivity contribution is 5.66. The molecule has 1 unspecified atom stereocenters. The van der Waals surface area contributed by atoms with Gasteiger partial charge in [-0.15, -0.1) is 0 Å². The van der Waals surface area contributed by atoms with Gasteiger partial charge in [-0.1, -0.05) is 6.92 Å². The summed E-state index contributed by atoms with van der Waals surface area (Å²) < 4.78 is 5.17. The maximum atomic E-state index is 11.0. The van der Waals surface area contributed by atoms with Crippen LogP contribution in [0.2, 0.25) is 0 Å². The summed E-state index contributed by atoms with van der Waals surface area (Å²) in [7, 11) is 0. The zero-order chi connectivity index (χ0) is 17.1. The van der Waals surface area contributed by atoms with E-state index in [-0.39, 0.29) is 12.1 Å². The average Bonchev–Trinajstić information content (AvgIpc) is 3.39.